The number of aryl methyl sites for hydroxylation is 1. The topological polar surface area (TPSA) is 57.3 Å². The Balaban J connectivity index is 2.07. The number of carbonyl (C=O) groups is 1. The first-order valence-corrected chi connectivity index (χ1v) is 7.60. The van der Waals surface area contributed by atoms with Gasteiger partial charge in [0.25, 0.3) is 0 Å². The van der Waals surface area contributed by atoms with Crippen molar-refractivity contribution in [3.63, 3.8) is 0 Å². The quantitative estimate of drug-likeness (QED) is 0.823. The number of nitrogens with zero attached hydrogens (tertiary/aromatic N) is 2. The van der Waals surface area contributed by atoms with Gasteiger partial charge < -0.3 is 10.6 Å². The van der Waals surface area contributed by atoms with E-state index >= 15 is 0 Å². The smallest absolute Gasteiger partial charge is 0.244 e. The third-order valence-corrected chi connectivity index (χ3v) is 4.57. The maximum Gasteiger partial charge on any atom is 0.244 e. The highest BCUT2D eigenvalue weighted by Crippen LogP contribution is 2.20. The standard InChI is InChI=1S/C14H21BrN4O/c1-10-8-11(9-17-12(10)15)18-13(20)14(2,3)19-6-4-16-5-7-19/h8-9,16H,4-7H2,1-3H3,(H,18,20). The molecule has 1 amide bonds. The van der Waals surface area contributed by atoms with Gasteiger partial charge in [-0.3, -0.25) is 9.69 Å². The number of amides is 1. The molecule has 1 aromatic heterocycles. The average Bonchev–Trinajstić information content (AvgIpc) is 2.44. The van der Waals surface area contributed by atoms with E-state index in [4.69, 9.17) is 0 Å². The molecular weight excluding hydrogens is 320 g/mol. The van der Waals surface area contributed by atoms with Gasteiger partial charge in [0, 0.05) is 26.2 Å². The second kappa shape index (κ2) is 6.20. The van der Waals surface area contributed by atoms with Crippen molar-refractivity contribution < 1.29 is 4.79 Å². The van der Waals surface area contributed by atoms with E-state index in [1.807, 2.05) is 26.8 Å². The minimum atomic E-state index is -0.525. The fourth-order valence-electron chi connectivity index (χ4n) is 2.28. The van der Waals surface area contributed by atoms with Crippen LogP contribution in [0, 0.1) is 6.92 Å². The van der Waals surface area contributed by atoms with Crippen LogP contribution in [0.5, 0.6) is 0 Å². The number of aromatic nitrogens is 1. The van der Waals surface area contributed by atoms with Crippen molar-refractivity contribution in [2.75, 3.05) is 31.5 Å². The van der Waals surface area contributed by atoms with Crippen LogP contribution in [-0.4, -0.2) is 47.5 Å². The second-order valence-corrected chi connectivity index (χ2v) is 6.33. The maximum atomic E-state index is 12.5. The SMILES string of the molecule is Cc1cc(NC(=O)C(C)(C)N2CCNCC2)cnc1Br. The molecule has 0 radical (unpaired) electrons. The molecule has 1 saturated heterocycles. The summed E-state index contributed by atoms with van der Waals surface area (Å²) in [6.07, 6.45) is 1.67. The van der Waals surface area contributed by atoms with Gasteiger partial charge in [0.05, 0.1) is 17.4 Å². The largest absolute Gasteiger partial charge is 0.323 e. The average molecular weight is 341 g/mol. The first kappa shape index (κ1) is 15.4. The fraction of sp³-hybridized carbons (Fsp3) is 0.571. The van der Waals surface area contributed by atoms with Gasteiger partial charge in [0.2, 0.25) is 5.91 Å². The van der Waals surface area contributed by atoms with E-state index in [0.717, 1.165) is 42.0 Å². The number of hydrogen-bond acceptors (Lipinski definition) is 4. The molecule has 0 saturated carbocycles. The summed E-state index contributed by atoms with van der Waals surface area (Å²) < 4.78 is 0.803. The summed E-state index contributed by atoms with van der Waals surface area (Å²) in [4.78, 5) is 18.9. The van der Waals surface area contributed by atoms with E-state index in [-0.39, 0.29) is 5.91 Å². The monoisotopic (exact) mass is 340 g/mol. The zero-order chi connectivity index (χ0) is 14.8. The second-order valence-electron chi connectivity index (χ2n) is 5.58. The Hall–Kier alpha value is -0.980. The van der Waals surface area contributed by atoms with E-state index in [0.29, 0.717) is 0 Å². The predicted octanol–water partition coefficient (Wildman–Crippen LogP) is 1.77. The zero-order valence-corrected chi connectivity index (χ0v) is 13.7. The highest BCUT2D eigenvalue weighted by molar-refractivity contribution is 9.10. The lowest BCUT2D eigenvalue weighted by molar-refractivity contribution is -0.126. The predicted molar refractivity (Wildman–Crippen MR) is 83.8 cm³/mol. The molecule has 20 heavy (non-hydrogen) atoms. The van der Waals surface area contributed by atoms with Gasteiger partial charge in [-0.2, -0.15) is 0 Å². The Kier molecular flexibility index (Phi) is 4.78. The summed E-state index contributed by atoms with van der Waals surface area (Å²) in [6, 6.07) is 1.92. The molecule has 1 aliphatic rings. The molecule has 2 N–H and O–H groups in total. The molecule has 0 unspecified atom stereocenters. The fourth-order valence-corrected chi connectivity index (χ4v) is 2.49. The van der Waals surface area contributed by atoms with Crippen molar-refractivity contribution in [3.8, 4) is 0 Å². The van der Waals surface area contributed by atoms with Gasteiger partial charge in [-0.05, 0) is 48.3 Å². The molecular formula is C14H21BrN4O. The maximum absolute atomic E-state index is 12.5. The zero-order valence-electron chi connectivity index (χ0n) is 12.2. The van der Waals surface area contributed by atoms with Crippen LogP contribution in [0.4, 0.5) is 5.69 Å². The van der Waals surface area contributed by atoms with Gasteiger partial charge >= 0.3 is 0 Å². The Bertz CT molecular complexity index is 498. The van der Waals surface area contributed by atoms with Crippen molar-refractivity contribution in [3.05, 3.63) is 22.4 Å². The van der Waals surface area contributed by atoms with Crippen molar-refractivity contribution in [2.24, 2.45) is 0 Å². The summed E-state index contributed by atoms with van der Waals surface area (Å²) in [5.41, 5.74) is 1.21. The third kappa shape index (κ3) is 3.37. The Labute approximate surface area is 128 Å². The van der Waals surface area contributed by atoms with Gasteiger partial charge in [-0.25, -0.2) is 4.98 Å². The van der Waals surface area contributed by atoms with Crippen molar-refractivity contribution in [2.45, 2.75) is 26.3 Å². The van der Waals surface area contributed by atoms with Crippen molar-refractivity contribution >= 4 is 27.5 Å². The summed E-state index contributed by atoms with van der Waals surface area (Å²) >= 11 is 3.36. The molecule has 0 aliphatic carbocycles. The number of halogens is 1. The molecule has 1 aromatic rings. The number of nitrogens with one attached hydrogen (secondary N) is 2. The summed E-state index contributed by atoms with van der Waals surface area (Å²) in [5, 5.41) is 6.26. The Morgan fingerprint density at radius 1 is 1.45 bits per heavy atom. The van der Waals surface area contributed by atoms with Crippen molar-refractivity contribution in [1.29, 1.82) is 0 Å². The van der Waals surface area contributed by atoms with Gasteiger partial charge in [0.1, 0.15) is 4.60 Å². The summed E-state index contributed by atoms with van der Waals surface area (Å²) in [6.45, 7) is 9.51. The van der Waals surface area contributed by atoms with Gasteiger partial charge in [-0.1, -0.05) is 0 Å². The molecule has 0 spiro atoms. The number of rotatable bonds is 3. The van der Waals surface area contributed by atoms with E-state index in [2.05, 4.69) is 36.4 Å². The van der Waals surface area contributed by atoms with Crippen LogP contribution in [0.1, 0.15) is 19.4 Å². The molecule has 0 aromatic carbocycles. The molecule has 0 atom stereocenters. The lowest BCUT2D eigenvalue weighted by Crippen LogP contribution is -2.58. The molecule has 1 aliphatic heterocycles. The molecule has 0 bridgehead atoms. The third-order valence-electron chi connectivity index (χ3n) is 3.74. The van der Waals surface area contributed by atoms with Crippen LogP contribution >= 0.6 is 15.9 Å². The van der Waals surface area contributed by atoms with Gasteiger partial charge in [0.15, 0.2) is 0 Å². The van der Waals surface area contributed by atoms with Crippen molar-refractivity contribution in [1.82, 2.24) is 15.2 Å². The van der Waals surface area contributed by atoms with Crippen LogP contribution in [-0.2, 0) is 4.79 Å². The van der Waals surface area contributed by atoms with Crippen LogP contribution in [0.3, 0.4) is 0 Å². The van der Waals surface area contributed by atoms with Crippen LogP contribution in [0.15, 0.2) is 16.9 Å². The molecule has 6 heteroatoms. The van der Waals surface area contributed by atoms with E-state index in [1.165, 1.54) is 0 Å². The Morgan fingerprint density at radius 3 is 2.70 bits per heavy atom. The highest BCUT2D eigenvalue weighted by atomic mass is 79.9. The lowest BCUT2D eigenvalue weighted by Gasteiger charge is -2.39. The number of anilines is 1. The Morgan fingerprint density at radius 2 is 2.10 bits per heavy atom. The van der Waals surface area contributed by atoms with Gasteiger partial charge in [-0.15, -0.1) is 0 Å². The summed E-state index contributed by atoms with van der Waals surface area (Å²) in [7, 11) is 0. The van der Waals surface area contributed by atoms with E-state index < -0.39 is 5.54 Å². The van der Waals surface area contributed by atoms with E-state index in [9.17, 15) is 4.79 Å². The molecule has 2 heterocycles. The van der Waals surface area contributed by atoms with Crippen LogP contribution in [0.25, 0.3) is 0 Å². The molecule has 5 nitrogen and oxygen atoms in total. The minimum Gasteiger partial charge on any atom is -0.323 e. The summed E-state index contributed by atoms with van der Waals surface area (Å²) in [5.74, 6) is 0.00271. The molecule has 110 valence electrons. The normalized spacial score (nSPS) is 17.0. The van der Waals surface area contributed by atoms with E-state index in [1.54, 1.807) is 6.20 Å². The number of carbonyl (C=O) groups excluding carboxylic acids is 1. The first-order chi connectivity index (χ1) is 9.41. The number of hydrogen-bond donors (Lipinski definition) is 2. The minimum absolute atomic E-state index is 0.00271. The number of piperazine rings is 1. The highest BCUT2D eigenvalue weighted by Gasteiger charge is 2.35. The molecule has 1 fully saturated rings. The van der Waals surface area contributed by atoms with Crippen LogP contribution < -0.4 is 10.6 Å². The van der Waals surface area contributed by atoms with Crippen LogP contribution in [0.2, 0.25) is 0 Å². The first-order valence-electron chi connectivity index (χ1n) is 6.80. The number of pyridine rings is 1. The lowest BCUT2D eigenvalue weighted by atomic mass is 10.0. The molecule has 2 rings (SSSR count).